The molecule has 1 aromatic heterocycles. The first-order valence-corrected chi connectivity index (χ1v) is 10.8. The maximum atomic E-state index is 12.5. The second-order valence-corrected chi connectivity index (χ2v) is 7.99. The van der Waals surface area contributed by atoms with E-state index < -0.39 is 6.04 Å². The van der Waals surface area contributed by atoms with E-state index >= 15 is 0 Å². The van der Waals surface area contributed by atoms with Crippen LogP contribution in [-0.4, -0.2) is 51.2 Å². The molecule has 0 saturated carbocycles. The molecule has 0 radical (unpaired) electrons. The average Bonchev–Trinajstić information content (AvgIpc) is 3.16. The summed E-state index contributed by atoms with van der Waals surface area (Å²) in [6.45, 7) is 1.60. The van der Waals surface area contributed by atoms with Crippen LogP contribution in [0.3, 0.4) is 0 Å². The van der Waals surface area contributed by atoms with E-state index in [4.69, 9.17) is 4.74 Å². The molecule has 1 atom stereocenters. The number of hydrogen-bond donors (Lipinski definition) is 3. The number of thioether (sulfide) groups is 1. The molecule has 168 valence electrons. The summed E-state index contributed by atoms with van der Waals surface area (Å²) in [6, 6.07) is 13.4. The number of ether oxygens (including phenoxy) is 1. The maximum absolute atomic E-state index is 12.5. The van der Waals surface area contributed by atoms with Gasteiger partial charge in [0.05, 0.1) is 19.5 Å². The molecule has 0 spiro atoms. The van der Waals surface area contributed by atoms with Gasteiger partial charge in [-0.1, -0.05) is 23.9 Å². The van der Waals surface area contributed by atoms with Crippen molar-refractivity contribution < 1.29 is 19.4 Å². The van der Waals surface area contributed by atoms with Gasteiger partial charge < -0.3 is 25.0 Å². The second kappa shape index (κ2) is 10.8. The number of carbonyl (C=O) groups is 2. The molecule has 10 heteroatoms. The van der Waals surface area contributed by atoms with Crippen LogP contribution in [-0.2, 0) is 11.8 Å². The summed E-state index contributed by atoms with van der Waals surface area (Å²) in [5.41, 5.74) is 2.21. The molecular weight excluding hydrogens is 430 g/mol. The third kappa shape index (κ3) is 5.86. The van der Waals surface area contributed by atoms with Crippen LogP contribution in [0.4, 0.5) is 5.69 Å². The zero-order chi connectivity index (χ0) is 23.1. The summed E-state index contributed by atoms with van der Waals surface area (Å²) in [4.78, 5) is 24.8. The Morgan fingerprint density at radius 1 is 1.19 bits per heavy atom. The Hall–Kier alpha value is -3.37. The molecule has 0 unspecified atom stereocenters. The molecule has 2 aromatic carbocycles. The first kappa shape index (κ1) is 23.3. The fourth-order valence-electron chi connectivity index (χ4n) is 2.98. The molecule has 3 aromatic rings. The monoisotopic (exact) mass is 455 g/mol. The Morgan fingerprint density at radius 2 is 1.94 bits per heavy atom. The third-order valence-electron chi connectivity index (χ3n) is 4.65. The Balaban J connectivity index is 1.61. The lowest BCUT2D eigenvalue weighted by molar-refractivity contribution is -0.113. The molecule has 0 saturated heterocycles. The summed E-state index contributed by atoms with van der Waals surface area (Å²) >= 11 is 1.22. The number of methoxy groups -OCH3 is 1. The van der Waals surface area contributed by atoms with E-state index in [0.717, 1.165) is 11.3 Å². The molecule has 9 nitrogen and oxygen atoms in total. The number of nitrogens with zero attached hydrogens (tertiary/aromatic N) is 3. The topological polar surface area (TPSA) is 118 Å². The number of carbonyl (C=O) groups excluding carboxylic acids is 2. The fraction of sp³-hybridized carbons (Fsp3) is 0.273. The van der Waals surface area contributed by atoms with Crippen LogP contribution in [0.15, 0.2) is 53.7 Å². The van der Waals surface area contributed by atoms with Gasteiger partial charge in [-0.05, 0) is 48.9 Å². The average molecular weight is 456 g/mol. The van der Waals surface area contributed by atoms with Crippen LogP contribution in [0, 0.1) is 6.92 Å². The van der Waals surface area contributed by atoms with Crippen molar-refractivity contribution in [2.75, 3.05) is 24.8 Å². The van der Waals surface area contributed by atoms with Gasteiger partial charge in [-0.15, -0.1) is 10.2 Å². The predicted molar refractivity (Wildman–Crippen MR) is 122 cm³/mol. The Morgan fingerprint density at radius 3 is 2.59 bits per heavy atom. The van der Waals surface area contributed by atoms with Gasteiger partial charge in [-0.25, -0.2) is 0 Å². The van der Waals surface area contributed by atoms with Crippen LogP contribution in [0.5, 0.6) is 5.75 Å². The lowest BCUT2D eigenvalue weighted by atomic mass is 10.2. The Labute approximate surface area is 190 Å². The molecule has 3 rings (SSSR count). The van der Waals surface area contributed by atoms with Gasteiger partial charge in [-0.3, -0.25) is 9.59 Å². The van der Waals surface area contributed by atoms with Crippen LogP contribution >= 0.6 is 11.8 Å². The molecule has 0 fully saturated rings. The van der Waals surface area contributed by atoms with Crippen LogP contribution in [0.1, 0.15) is 27.8 Å². The molecule has 3 N–H and O–H groups in total. The number of hydrogen-bond acceptors (Lipinski definition) is 7. The van der Waals surface area contributed by atoms with Crippen molar-refractivity contribution in [1.82, 2.24) is 20.1 Å². The minimum absolute atomic E-state index is 0.141. The SMILES string of the molecule is COc1ccc(C(=O)N[C@H](CO)c2nnc(SCC(=O)Nc3cccc(C)c3)n2C)cc1. The highest BCUT2D eigenvalue weighted by atomic mass is 32.2. The molecule has 1 heterocycles. The largest absolute Gasteiger partial charge is 0.497 e. The van der Waals surface area contributed by atoms with Crippen molar-refractivity contribution in [2.45, 2.75) is 18.1 Å². The van der Waals surface area contributed by atoms with Crippen LogP contribution < -0.4 is 15.4 Å². The zero-order valence-electron chi connectivity index (χ0n) is 18.0. The summed E-state index contributed by atoms with van der Waals surface area (Å²) in [5.74, 6) is 0.637. The molecule has 0 aliphatic heterocycles. The lowest BCUT2D eigenvalue weighted by Crippen LogP contribution is -2.32. The standard InChI is InChI=1S/C22H25N5O4S/c1-14-5-4-6-16(11-14)23-19(29)13-32-22-26-25-20(27(22)2)18(12-28)24-21(30)15-7-9-17(31-3)10-8-15/h4-11,18,28H,12-13H2,1-3H3,(H,23,29)(H,24,30)/t18-/m1/s1. The third-order valence-corrected chi connectivity index (χ3v) is 5.67. The van der Waals surface area contributed by atoms with E-state index in [1.165, 1.54) is 11.8 Å². The van der Waals surface area contributed by atoms with Crippen molar-refractivity contribution in [2.24, 2.45) is 7.05 Å². The number of aliphatic hydroxyl groups is 1. The van der Waals surface area contributed by atoms with Crippen molar-refractivity contribution in [3.8, 4) is 5.75 Å². The van der Waals surface area contributed by atoms with Gasteiger partial charge >= 0.3 is 0 Å². The van der Waals surface area contributed by atoms with E-state index in [0.29, 0.717) is 22.3 Å². The molecule has 0 aliphatic rings. The van der Waals surface area contributed by atoms with Crippen molar-refractivity contribution >= 4 is 29.3 Å². The fourth-order valence-corrected chi connectivity index (χ4v) is 3.70. The number of anilines is 1. The Kier molecular flexibility index (Phi) is 7.85. The van der Waals surface area contributed by atoms with Gasteiger partial charge in [0.2, 0.25) is 5.91 Å². The lowest BCUT2D eigenvalue weighted by Gasteiger charge is -2.16. The summed E-state index contributed by atoms with van der Waals surface area (Å²) in [7, 11) is 3.27. The summed E-state index contributed by atoms with van der Waals surface area (Å²) in [5, 5.41) is 24.1. The van der Waals surface area contributed by atoms with E-state index in [2.05, 4.69) is 20.8 Å². The van der Waals surface area contributed by atoms with E-state index in [-0.39, 0.29) is 24.2 Å². The summed E-state index contributed by atoms with van der Waals surface area (Å²) in [6.07, 6.45) is 0. The normalized spacial score (nSPS) is 11.6. The molecule has 0 bridgehead atoms. The van der Waals surface area contributed by atoms with Crippen molar-refractivity contribution in [3.05, 3.63) is 65.5 Å². The Bertz CT molecular complexity index is 1080. The van der Waals surface area contributed by atoms with Crippen LogP contribution in [0.25, 0.3) is 0 Å². The minimum Gasteiger partial charge on any atom is -0.497 e. The van der Waals surface area contributed by atoms with Gasteiger partial charge in [-0.2, -0.15) is 0 Å². The number of benzene rings is 2. The highest BCUT2D eigenvalue weighted by Crippen LogP contribution is 2.20. The van der Waals surface area contributed by atoms with E-state index in [9.17, 15) is 14.7 Å². The van der Waals surface area contributed by atoms with Crippen molar-refractivity contribution in [1.29, 1.82) is 0 Å². The number of aryl methyl sites for hydroxylation is 1. The maximum Gasteiger partial charge on any atom is 0.251 e. The van der Waals surface area contributed by atoms with Gasteiger partial charge in [0.1, 0.15) is 11.8 Å². The quantitative estimate of drug-likeness (QED) is 0.424. The first-order valence-electron chi connectivity index (χ1n) is 9.85. The van der Waals surface area contributed by atoms with Crippen LogP contribution in [0.2, 0.25) is 0 Å². The highest BCUT2D eigenvalue weighted by molar-refractivity contribution is 7.99. The predicted octanol–water partition coefficient (Wildman–Crippen LogP) is 2.33. The highest BCUT2D eigenvalue weighted by Gasteiger charge is 2.22. The van der Waals surface area contributed by atoms with Gasteiger partial charge in [0.15, 0.2) is 11.0 Å². The van der Waals surface area contributed by atoms with Crippen molar-refractivity contribution in [3.63, 3.8) is 0 Å². The smallest absolute Gasteiger partial charge is 0.251 e. The van der Waals surface area contributed by atoms with Gasteiger partial charge in [0.25, 0.3) is 5.91 Å². The zero-order valence-corrected chi connectivity index (χ0v) is 18.8. The number of aromatic nitrogens is 3. The number of rotatable bonds is 9. The molecular formula is C22H25N5O4S. The first-order chi connectivity index (χ1) is 15.4. The molecule has 0 aliphatic carbocycles. The second-order valence-electron chi connectivity index (χ2n) is 7.04. The number of aliphatic hydroxyl groups excluding tert-OH is 1. The number of nitrogens with one attached hydrogen (secondary N) is 2. The van der Waals surface area contributed by atoms with E-state index in [1.807, 2.05) is 31.2 Å². The summed E-state index contributed by atoms with van der Waals surface area (Å²) < 4.78 is 6.75. The van der Waals surface area contributed by atoms with E-state index in [1.54, 1.807) is 43.0 Å². The number of amides is 2. The molecule has 32 heavy (non-hydrogen) atoms. The minimum atomic E-state index is -0.752. The molecule has 2 amide bonds. The van der Waals surface area contributed by atoms with Gasteiger partial charge in [0, 0.05) is 18.3 Å².